The van der Waals surface area contributed by atoms with Gasteiger partial charge in [0.05, 0.1) is 0 Å². The zero-order valence-corrected chi connectivity index (χ0v) is 11.3. The predicted octanol–water partition coefficient (Wildman–Crippen LogP) is 2.47. The maximum absolute atomic E-state index is 11.8. The Balaban J connectivity index is 4.84. The number of carbonyl (C=O) groups excluding carboxylic acids is 2. The molecule has 0 aromatic rings. The topological polar surface area (TPSA) is 46.6 Å². The monoisotopic (exact) mass is 229 g/mol. The number of hydrogen-bond donors (Lipinski definition) is 0. The van der Waals surface area contributed by atoms with Crippen molar-refractivity contribution in [1.82, 2.24) is 4.90 Å². The molecule has 1 unspecified atom stereocenters. The van der Waals surface area contributed by atoms with Gasteiger partial charge < -0.3 is 9.53 Å². The largest absolute Gasteiger partial charge is 0.444 e. The van der Waals surface area contributed by atoms with E-state index in [0.717, 1.165) is 6.29 Å². The number of amides is 1. The van der Waals surface area contributed by atoms with Crippen LogP contribution >= 0.6 is 0 Å². The molecule has 0 aliphatic rings. The summed E-state index contributed by atoms with van der Waals surface area (Å²) in [5.41, 5.74) is -1.38. The second-order valence-electron chi connectivity index (χ2n) is 5.54. The molecule has 0 saturated carbocycles. The molecular formula is C12H23NO3. The second-order valence-corrected chi connectivity index (χ2v) is 5.54. The highest BCUT2D eigenvalue weighted by Crippen LogP contribution is 2.23. The first-order chi connectivity index (χ1) is 7.04. The smallest absolute Gasteiger partial charge is 0.410 e. The fraction of sp³-hybridized carbons (Fsp3) is 0.833. The second kappa shape index (κ2) is 4.85. The molecule has 0 aromatic carbocycles. The molecule has 0 aliphatic heterocycles. The summed E-state index contributed by atoms with van der Waals surface area (Å²) in [5.74, 6) is 0.0301. The van der Waals surface area contributed by atoms with Gasteiger partial charge in [0, 0.05) is 7.05 Å². The number of carbonyl (C=O) groups is 2. The van der Waals surface area contributed by atoms with Gasteiger partial charge in [-0.1, -0.05) is 13.8 Å². The van der Waals surface area contributed by atoms with Gasteiger partial charge in [-0.05, 0) is 33.6 Å². The van der Waals surface area contributed by atoms with Gasteiger partial charge in [-0.2, -0.15) is 0 Å². The van der Waals surface area contributed by atoms with Crippen molar-refractivity contribution in [2.24, 2.45) is 5.92 Å². The van der Waals surface area contributed by atoms with E-state index in [4.69, 9.17) is 4.74 Å². The van der Waals surface area contributed by atoms with Crippen LogP contribution in [0.1, 0.15) is 41.5 Å². The minimum atomic E-state index is -0.831. The molecule has 0 fully saturated rings. The zero-order valence-electron chi connectivity index (χ0n) is 11.3. The van der Waals surface area contributed by atoms with E-state index in [9.17, 15) is 9.59 Å². The Labute approximate surface area is 98.0 Å². The molecule has 94 valence electrons. The van der Waals surface area contributed by atoms with Crippen molar-refractivity contribution in [3.05, 3.63) is 0 Å². The van der Waals surface area contributed by atoms with Crippen molar-refractivity contribution in [3.8, 4) is 0 Å². The van der Waals surface area contributed by atoms with E-state index in [1.54, 1.807) is 34.7 Å². The first kappa shape index (κ1) is 14.9. The van der Waals surface area contributed by atoms with Gasteiger partial charge in [-0.3, -0.25) is 4.90 Å². The first-order valence-electron chi connectivity index (χ1n) is 5.47. The van der Waals surface area contributed by atoms with Crippen molar-refractivity contribution < 1.29 is 14.3 Å². The van der Waals surface area contributed by atoms with E-state index in [2.05, 4.69) is 0 Å². The molecule has 0 spiro atoms. The normalized spacial score (nSPS) is 15.5. The standard InChI is InChI=1S/C12H23NO3/c1-9(2)12(6,8-14)13(7)10(15)16-11(3,4)5/h8-9H,1-7H3. The summed E-state index contributed by atoms with van der Waals surface area (Å²) in [4.78, 5) is 24.3. The summed E-state index contributed by atoms with van der Waals surface area (Å²) < 4.78 is 5.23. The van der Waals surface area contributed by atoms with E-state index in [1.165, 1.54) is 4.90 Å². The molecule has 1 amide bonds. The van der Waals surface area contributed by atoms with Crippen LogP contribution in [0.5, 0.6) is 0 Å². The quantitative estimate of drug-likeness (QED) is 0.698. The Bertz CT molecular complexity index is 268. The molecule has 0 aliphatic carbocycles. The molecule has 16 heavy (non-hydrogen) atoms. The minimum absolute atomic E-state index is 0.0301. The zero-order chi connectivity index (χ0) is 13.1. The van der Waals surface area contributed by atoms with Crippen LogP contribution in [0.2, 0.25) is 0 Å². The number of rotatable bonds is 3. The SMILES string of the molecule is CC(C)C(C)(C=O)N(C)C(=O)OC(C)(C)C. The van der Waals surface area contributed by atoms with E-state index < -0.39 is 17.2 Å². The van der Waals surface area contributed by atoms with Crippen molar-refractivity contribution in [2.45, 2.75) is 52.7 Å². The number of likely N-dealkylation sites (N-methyl/N-ethyl adjacent to an activating group) is 1. The maximum Gasteiger partial charge on any atom is 0.410 e. The lowest BCUT2D eigenvalue weighted by atomic mass is 9.89. The van der Waals surface area contributed by atoms with Gasteiger partial charge >= 0.3 is 6.09 Å². The number of ether oxygens (including phenoxy) is 1. The molecule has 0 heterocycles. The van der Waals surface area contributed by atoms with Crippen LogP contribution in [0.3, 0.4) is 0 Å². The highest BCUT2D eigenvalue weighted by molar-refractivity contribution is 5.76. The number of nitrogens with zero attached hydrogens (tertiary/aromatic N) is 1. The Morgan fingerprint density at radius 3 is 1.94 bits per heavy atom. The summed E-state index contributed by atoms with van der Waals surface area (Å²) in [7, 11) is 1.59. The van der Waals surface area contributed by atoms with Crippen molar-refractivity contribution >= 4 is 12.4 Å². The van der Waals surface area contributed by atoms with Crippen molar-refractivity contribution in [3.63, 3.8) is 0 Å². The summed E-state index contributed by atoms with van der Waals surface area (Å²) in [6.07, 6.45) is 0.317. The minimum Gasteiger partial charge on any atom is -0.444 e. The lowest BCUT2D eigenvalue weighted by Crippen LogP contribution is -2.53. The molecule has 0 rings (SSSR count). The molecule has 1 atom stereocenters. The Morgan fingerprint density at radius 1 is 1.25 bits per heavy atom. The molecule has 0 bridgehead atoms. The molecule has 4 nitrogen and oxygen atoms in total. The lowest BCUT2D eigenvalue weighted by molar-refractivity contribution is -0.119. The third-order valence-corrected chi connectivity index (χ3v) is 2.80. The summed E-state index contributed by atoms with van der Waals surface area (Å²) in [6.45, 7) is 10.9. The van der Waals surface area contributed by atoms with Gasteiger partial charge in [0.1, 0.15) is 17.4 Å². The number of aldehydes is 1. The Morgan fingerprint density at radius 2 is 1.69 bits per heavy atom. The lowest BCUT2D eigenvalue weighted by Gasteiger charge is -2.38. The van der Waals surface area contributed by atoms with Gasteiger partial charge in [-0.15, -0.1) is 0 Å². The van der Waals surface area contributed by atoms with Gasteiger partial charge in [0.25, 0.3) is 0 Å². The molecular weight excluding hydrogens is 206 g/mol. The van der Waals surface area contributed by atoms with Gasteiger partial charge in [0.2, 0.25) is 0 Å². The third-order valence-electron chi connectivity index (χ3n) is 2.80. The van der Waals surface area contributed by atoms with Crippen molar-refractivity contribution in [2.75, 3.05) is 7.05 Å². The van der Waals surface area contributed by atoms with E-state index in [1.807, 2.05) is 13.8 Å². The fourth-order valence-electron chi connectivity index (χ4n) is 1.13. The Kier molecular flexibility index (Phi) is 4.53. The highest BCUT2D eigenvalue weighted by atomic mass is 16.6. The van der Waals surface area contributed by atoms with Crippen LogP contribution in [0.4, 0.5) is 4.79 Å². The predicted molar refractivity (Wildman–Crippen MR) is 63.3 cm³/mol. The van der Waals surface area contributed by atoms with Crippen LogP contribution in [0.25, 0.3) is 0 Å². The van der Waals surface area contributed by atoms with E-state index in [0.29, 0.717) is 0 Å². The fourth-order valence-corrected chi connectivity index (χ4v) is 1.13. The van der Waals surface area contributed by atoms with E-state index in [-0.39, 0.29) is 5.92 Å². The van der Waals surface area contributed by atoms with Crippen LogP contribution in [0.15, 0.2) is 0 Å². The van der Waals surface area contributed by atoms with Crippen LogP contribution < -0.4 is 0 Å². The average molecular weight is 229 g/mol. The average Bonchev–Trinajstić information content (AvgIpc) is 2.12. The Hall–Kier alpha value is -1.06. The summed E-state index contributed by atoms with van der Waals surface area (Å²) >= 11 is 0. The highest BCUT2D eigenvalue weighted by Gasteiger charge is 2.37. The first-order valence-corrected chi connectivity index (χ1v) is 5.47. The van der Waals surface area contributed by atoms with Crippen molar-refractivity contribution in [1.29, 1.82) is 0 Å². The molecule has 4 heteroatoms. The summed E-state index contributed by atoms with van der Waals surface area (Å²) in [6, 6.07) is 0. The maximum atomic E-state index is 11.8. The third kappa shape index (κ3) is 3.51. The molecule has 0 radical (unpaired) electrons. The molecule has 0 saturated heterocycles. The van der Waals surface area contributed by atoms with Crippen LogP contribution in [-0.2, 0) is 9.53 Å². The van der Waals surface area contributed by atoms with Gasteiger partial charge in [-0.25, -0.2) is 4.79 Å². The summed E-state index contributed by atoms with van der Waals surface area (Å²) in [5, 5.41) is 0. The van der Waals surface area contributed by atoms with Crippen LogP contribution in [0, 0.1) is 5.92 Å². The molecule has 0 aromatic heterocycles. The van der Waals surface area contributed by atoms with Crippen LogP contribution in [-0.4, -0.2) is 35.5 Å². The van der Waals surface area contributed by atoms with E-state index >= 15 is 0 Å². The van der Waals surface area contributed by atoms with Gasteiger partial charge in [0.15, 0.2) is 0 Å². The molecule has 0 N–H and O–H groups in total. The number of hydrogen-bond acceptors (Lipinski definition) is 3.